The molecule has 10 heteroatoms. The van der Waals surface area contributed by atoms with Crippen molar-refractivity contribution in [1.82, 2.24) is 10.0 Å². The molecule has 0 amide bonds. The fourth-order valence-electron chi connectivity index (χ4n) is 1.30. The molecule has 0 saturated carbocycles. The van der Waals surface area contributed by atoms with E-state index in [9.17, 15) is 21.6 Å². The van der Waals surface area contributed by atoms with Gasteiger partial charge in [-0.1, -0.05) is 15.9 Å². The molecule has 21 heavy (non-hydrogen) atoms. The van der Waals surface area contributed by atoms with Crippen molar-refractivity contribution in [2.75, 3.05) is 13.6 Å². The van der Waals surface area contributed by atoms with E-state index in [1.54, 1.807) is 14.0 Å². The minimum absolute atomic E-state index is 0. The lowest BCUT2D eigenvalue weighted by Crippen LogP contribution is -2.37. The monoisotopic (exact) mass is 410 g/mol. The van der Waals surface area contributed by atoms with Crippen molar-refractivity contribution >= 4 is 38.4 Å². The van der Waals surface area contributed by atoms with Gasteiger partial charge in [0.1, 0.15) is 0 Å². The number of nitrogens with one attached hydrogen (secondary N) is 2. The second kappa shape index (κ2) is 7.77. The van der Waals surface area contributed by atoms with Gasteiger partial charge in [-0.2, -0.15) is 13.2 Å². The molecule has 0 spiro atoms. The number of sulfonamides is 1. The molecule has 1 rings (SSSR count). The standard InChI is InChI=1S/C11H14BrF3N2O2S.ClH/c1-7(16-2)6-17-20(18,19)10-4-8(11(13,14)15)3-9(12)5-10;/h3-5,7,16-17H,6H2,1-2H3;1H. The molecule has 0 heterocycles. The molecule has 0 radical (unpaired) electrons. The van der Waals surface area contributed by atoms with Crippen LogP contribution in [0.3, 0.4) is 0 Å². The summed E-state index contributed by atoms with van der Waals surface area (Å²) in [5.41, 5.74) is -1.02. The van der Waals surface area contributed by atoms with Crippen LogP contribution in [0.1, 0.15) is 12.5 Å². The molecule has 0 saturated heterocycles. The summed E-state index contributed by atoms with van der Waals surface area (Å²) in [5.74, 6) is 0. The smallest absolute Gasteiger partial charge is 0.316 e. The third-order valence-corrected chi connectivity index (χ3v) is 4.44. The summed E-state index contributed by atoms with van der Waals surface area (Å²) in [7, 11) is -2.34. The highest BCUT2D eigenvalue weighted by molar-refractivity contribution is 9.10. The normalized spacial score (nSPS) is 13.6. The van der Waals surface area contributed by atoms with Crippen LogP contribution in [0.2, 0.25) is 0 Å². The second-order valence-electron chi connectivity index (χ2n) is 4.21. The average molecular weight is 412 g/mol. The Kier molecular flexibility index (Phi) is 7.64. The van der Waals surface area contributed by atoms with Crippen LogP contribution in [0.5, 0.6) is 0 Å². The zero-order chi connectivity index (χ0) is 15.6. The molecule has 1 atom stereocenters. The van der Waals surface area contributed by atoms with Crippen molar-refractivity contribution in [2.24, 2.45) is 0 Å². The maximum absolute atomic E-state index is 12.7. The number of hydrogen-bond donors (Lipinski definition) is 2. The Morgan fingerprint density at radius 3 is 2.33 bits per heavy atom. The van der Waals surface area contributed by atoms with E-state index in [1.807, 2.05) is 0 Å². The summed E-state index contributed by atoms with van der Waals surface area (Å²) in [6.45, 7) is 1.82. The molecule has 1 aromatic rings. The zero-order valence-corrected chi connectivity index (χ0v) is 14.4. The van der Waals surface area contributed by atoms with Crippen LogP contribution in [0.15, 0.2) is 27.6 Å². The van der Waals surface area contributed by atoms with E-state index in [0.29, 0.717) is 6.07 Å². The Hall–Kier alpha value is -0.350. The van der Waals surface area contributed by atoms with Crippen LogP contribution in [-0.4, -0.2) is 28.1 Å². The number of rotatable bonds is 5. The van der Waals surface area contributed by atoms with Gasteiger partial charge in [0.15, 0.2) is 0 Å². The maximum Gasteiger partial charge on any atom is 0.416 e. The molecular formula is C11H15BrClF3N2O2S. The van der Waals surface area contributed by atoms with Gasteiger partial charge in [0.25, 0.3) is 0 Å². The molecule has 122 valence electrons. The molecular weight excluding hydrogens is 397 g/mol. The summed E-state index contributed by atoms with van der Waals surface area (Å²) in [6, 6.07) is 2.42. The molecule has 0 aliphatic heterocycles. The first-order valence-corrected chi connectivity index (χ1v) is 7.88. The third-order valence-electron chi connectivity index (χ3n) is 2.58. The second-order valence-corrected chi connectivity index (χ2v) is 6.90. The molecule has 0 bridgehead atoms. The Balaban J connectivity index is 0.00000400. The molecule has 1 unspecified atom stereocenters. The van der Waals surface area contributed by atoms with Crippen LogP contribution in [0.25, 0.3) is 0 Å². The first kappa shape index (κ1) is 20.6. The fourth-order valence-corrected chi connectivity index (χ4v) is 3.15. The van der Waals surface area contributed by atoms with Gasteiger partial charge in [-0.3, -0.25) is 0 Å². The first-order chi connectivity index (χ1) is 9.06. The minimum atomic E-state index is -4.60. The van der Waals surface area contributed by atoms with Crippen LogP contribution in [0, 0.1) is 0 Å². The molecule has 0 fully saturated rings. The van der Waals surface area contributed by atoms with Gasteiger partial charge in [0.05, 0.1) is 10.5 Å². The average Bonchev–Trinajstić information content (AvgIpc) is 2.34. The van der Waals surface area contributed by atoms with E-state index in [0.717, 1.165) is 12.1 Å². The summed E-state index contributed by atoms with van der Waals surface area (Å²) >= 11 is 2.89. The van der Waals surface area contributed by atoms with Crippen LogP contribution < -0.4 is 10.0 Å². The van der Waals surface area contributed by atoms with Crippen LogP contribution in [0.4, 0.5) is 13.2 Å². The quantitative estimate of drug-likeness (QED) is 0.783. The van der Waals surface area contributed by atoms with Gasteiger partial charge >= 0.3 is 6.18 Å². The Morgan fingerprint density at radius 2 is 1.86 bits per heavy atom. The predicted octanol–water partition coefficient (Wildman–Crippen LogP) is 2.78. The molecule has 1 aromatic carbocycles. The highest BCUT2D eigenvalue weighted by atomic mass is 79.9. The van der Waals surface area contributed by atoms with Crippen LogP contribution >= 0.6 is 28.3 Å². The Bertz CT molecular complexity index is 581. The van der Waals surface area contributed by atoms with Crippen molar-refractivity contribution in [2.45, 2.75) is 24.0 Å². The molecule has 0 aromatic heterocycles. The number of alkyl halides is 3. The van der Waals surface area contributed by atoms with Crippen molar-refractivity contribution < 1.29 is 21.6 Å². The third kappa shape index (κ3) is 6.11. The van der Waals surface area contributed by atoms with Crippen molar-refractivity contribution in [3.8, 4) is 0 Å². The summed E-state index contributed by atoms with van der Waals surface area (Å²) < 4.78 is 64.2. The summed E-state index contributed by atoms with van der Waals surface area (Å²) in [6.07, 6.45) is -4.60. The van der Waals surface area contributed by atoms with Gasteiger partial charge in [0.2, 0.25) is 10.0 Å². The van der Waals surface area contributed by atoms with Gasteiger partial charge in [-0.15, -0.1) is 12.4 Å². The lowest BCUT2D eigenvalue weighted by atomic mass is 10.2. The summed E-state index contributed by atoms with van der Waals surface area (Å²) in [5, 5.41) is 2.82. The van der Waals surface area contributed by atoms with Gasteiger partial charge in [0, 0.05) is 17.1 Å². The van der Waals surface area contributed by atoms with Gasteiger partial charge in [-0.05, 0) is 32.2 Å². The van der Waals surface area contributed by atoms with E-state index >= 15 is 0 Å². The van der Waals surface area contributed by atoms with E-state index in [4.69, 9.17) is 0 Å². The molecule has 0 aliphatic carbocycles. The predicted molar refractivity (Wildman–Crippen MR) is 80.1 cm³/mol. The Morgan fingerprint density at radius 1 is 1.29 bits per heavy atom. The largest absolute Gasteiger partial charge is 0.416 e. The van der Waals surface area contributed by atoms with E-state index in [1.165, 1.54) is 0 Å². The summed E-state index contributed by atoms with van der Waals surface area (Å²) in [4.78, 5) is -0.428. The topological polar surface area (TPSA) is 58.2 Å². The highest BCUT2D eigenvalue weighted by Gasteiger charge is 2.32. The van der Waals surface area contributed by atoms with E-state index in [-0.39, 0.29) is 29.5 Å². The maximum atomic E-state index is 12.7. The number of hydrogen-bond acceptors (Lipinski definition) is 3. The lowest BCUT2D eigenvalue weighted by molar-refractivity contribution is -0.137. The highest BCUT2D eigenvalue weighted by Crippen LogP contribution is 2.33. The fraction of sp³-hybridized carbons (Fsp3) is 0.455. The number of benzene rings is 1. The van der Waals surface area contributed by atoms with Crippen molar-refractivity contribution in [3.05, 3.63) is 28.2 Å². The Labute approximate surface area is 136 Å². The minimum Gasteiger partial charge on any atom is -0.316 e. The van der Waals surface area contributed by atoms with E-state index in [2.05, 4.69) is 26.0 Å². The van der Waals surface area contributed by atoms with Gasteiger partial charge in [-0.25, -0.2) is 13.1 Å². The molecule has 0 aliphatic rings. The number of halogens is 5. The molecule has 2 N–H and O–H groups in total. The molecule has 4 nitrogen and oxygen atoms in total. The first-order valence-electron chi connectivity index (χ1n) is 5.61. The zero-order valence-electron chi connectivity index (χ0n) is 11.2. The van der Waals surface area contributed by atoms with Gasteiger partial charge < -0.3 is 5.32 Å². The SMILES string of the molecule is CNC(C)CNS(=O)(=O)c1cc(Br)cc(C(F)(F)F)c1.Cl. The lowest BCUT2D eigenvalue weighted by Gasteiger charge is -2.14. The number of likely N-dealkylation sites (N-methyl/N-ethyl adjacent to an activating group) is 1. The van der Waals surface area contributed by atoms with Crippen molar-refractivity contribution in [1.29, 1.82) is 0 Å². The van der Waals surface area contributed by atoms with Crippen LogP contribution in [-0.2, 0) is 16.2 Å². The van der Waals surface area contributed by atoms with Crippen molar-refractivity contribution in [3.63, 3.8) is 0 Å². The van der Waals surface area contributed by atoms with E-state index < -0.39 is 26.7 Å².